The number of nitrogens with zero attached hydrogens (tertiary/aromatic N) is 7. The fourth-order valence-electron chi connectivity index (χ4n) is 4.29. The molecule has 0 radical (unpaired) electrons. The Morgan fingerprint density at radius 3 is 2.67 bits per heavy atom. The summed E-state index contributed by atoms with van der Waals surface area (Å²) in [5.74, 6) is 0.161. The van der Waals surface area contributed by atoms with Crippen LogP contribution in [0.3, 0.4) is 0 Å². The predicted molar refractivity (Wildman–Crippen MR) is 138 cm³/mol. The summed E-state index contributed by atoms with van der Waals surface area (Å²) < 4.78 is 2.98. The van der Waals surface area contributed by atoms with Crippen molar-refractivity contribution in [2.45, 2.75) is 6.92 Å². The van der Waals surface area contributed by atoms with Crippen molar-refractivity contribution in [3.8, 4) is 17.2 Å². The number of thiazole rings is 1. The number of piperazine rings is 1. The second-order valence-corrected chi connectivity index (χ2v) is 9.75. The fraction of sp³-hybridized carbons (Fsp3) is 0.208. The van der Waals surface area contributed by atoms with Crippen molar-refractivity contribution in [1.29, 1.82) is 0 Å². The van der Waals surface area contributed by atoms with Gasteiger partial charge in [0.25, 0.3) is 11.5 Å². The van der Waals surface area contributed by atoms with Crippen LogP contribution in [0, 0.1) is 6.92 Å². The Labute approximate surface area is 214 Å². The number of rotatable bonds is 4. The number of hydrogen-bond acceptors (Lipinski definition) is 7. The topological polar surface area (TPSA) is 104 Å². The van der Waals surface area contributed by atoms with Crippen molar-refractivity contribution in [2.24, 2.45) is 0 Å². The lowest BCUT2D eigenvalue weighted by molar-refractivity contribution is 0.0746. The number of carbonyl (C=O) groups is 1. The smallest absolute Gasteiger partial charge is 0.276 e. The van der Waals surface area contributed by atoms with E-state index in [-0.39, 0.29) is 17.4 Å². The fourth-order valence-corrected chi connectivity index (χ4v) is 5.31. The van der Waals surface area contributed by atoms with E-state index in [0.717, 1.165) is 16.4 Å². The zero-order valence-electron chi connectivity index (χ0n) is 19.3. The number of aromatic nitrogens is 6. The normalized spacial score (nSPS) is 14.1. The van der Waals surface area contributed by atoms with Crippen LogP contribution >= 0.6 is 22.9 Å². The molecule has 5 heterocycles. The average Bonchev–Trinajstić information content (AvgIpc) is 3.64. The minimum absolute atomic E-state index is 0.0937. The van der Waals surface area contributed by atoms with Gasteiger partial charge in [-0.15, -0.1) is 16.4 Å². The van der Waals surface area contributed by atoms with E-state index in [2.05, 4.69) is 20.1 Å². The molecular formula is C24H21ClN8O2S. The summed E-state index contributed by atoms with van der Waals surface area (Å²) >= 11 is 7.59. The first-order valence-corrected chi connectivity index (χ1v) is 12.6. The van der Waals surface area contributed by atoms with Crippen LogP contribution in [-0.2, 0) is 0 Å². The minimum Gasteiger partial charge on any atom is -0.345 e. The number of nitrogens with one attached hydrogen (secondary N) is 1. The highest BCUT2D eigenvalue weighted by Gasteiger charge is 2.27. The van der Waals surface area contributed by atoms with Gasteiger partial charge in [0.1, 0.15) is 5.52 Å². The summed E-state index contributed by atoms with van der Waals surface area (Å²) in [6.45, 7) is 4.31. The Morgan fingerprint density at radius 1 is 1.11 bits per heavy atom. The molecule has 12 heteroatoms. The molecule has 1 aromatic carbocycles. The Kier molecular flexibility index (Phi) is 5.57. The number of fused-ring (bicyclic) bond motifs is 1. The predicted octanol–water partition coefficient (Wildman–Crippen LogP) is 3.26. The highest BCUT2D eigenvalue weighted by atomic mass is 35.5. The molecule has 10 nitrogen and oxygen atoms in total. The first-order chi connectivity index (χ1) is 17.5. The SMILES string of the molecule is Cc1c(C(=O)N2CCN(c3nc(-c4ccc(Cl)cc4)cs3)CC2)cnn1-c1nn2cccc2c(=O)[nH]1. The van der Waals surface area contributed by atoms with E-state index in [1.165, 1.54) is 15.4 Å². The largest absolute Gasteiger partial charge is 0.345 e. The molecule has 5 aromatic rings. The molecule has 4 aromatic heterocycles. The van der Waals surface area contributed by atoms with Crippen molar-refractivity contribution >= 4 is 39.5 Å². The number of hydrogen-bond donors (Lipinski definition) is 1. The first-order valence-electron chi connectivity index (χ1n) is 11.4. The third-order valence-electron chi connectivity index (χ3n) is 6.30. The Balaban J connectivity index is 1.15. The van der Waals surface area contributed by atoms with Crippen molar-refractivity contribution in [3.05, 3.63) is 80.8 Å². The summed E-state index contributed by atoms with van der Waals surface area (Å²) in [4.78, 5) is 37.2. The maximum atomic E-state index is 13.3. The molecule has 1 amide bonds. The number of H-pyrrole nitrogens is 1. The number of benzene rings is 1. The van der Waals surface area contributed by atoms with Crippen LogP contribution in [0.25, 0.3) is 22.7 Å². The van der Waals surface area contributed by atoms with E-state index in [9.17, 15) is 9.59 Å². The molecule has 1 aliphatic rings. The maximum absolute atomic E-state index is 13.3. The zero-order chi connectivity index (χ0) is 24.8. The minimum atomic E-state index is -0.273. The van der Waals surface area contributed by atoms with E-state index in [1.54, 1.807) is 36.6 Å². The number of halogens is 1. The standard InChI is InChI=1S/C24H21ClN8O2S/c1-15-18(13-26-33(15)23-28-21(34)20-3-2-8-32(20)29-23)22(35)30-9-11-31(12-10-30)24-27-19(14-36-24)16-4-6-17(25)7-5-16/h2-8,13-14H,9-12H2,1H3,(H,28,29,34). The van der Waals surface area contributed by atoms with E-state index in [1.807, 2.05) is 34.5 Å². The Morgan fingerprint density at radius 2 is 1.89 bits per heavy atom. The van der Waals surface area contributed by atoms with Gasteiger partial charge < -0.3 is 9.80 Å². The van der Waals surface area contributed by atoms with E-state index in [4.69, 9.17) is 16.6 Å². The molecule has 0 bridgehead atoms. The van der Waals surface area contributed by atoms with Crippen molar-refractivity contribution in [3.63, 3.8) is 0 Å². The van der Waals surface area contributed by atoms with Gasteiger partial charge in [-0.25, -0.2) is 14.2 Å². The van der Waals surface area contributed by atoms with Crippen LogP contribution in [0.5, 0.6) is 0 Å². The van der Waals surface area contributed by atoms with Gasteiger partial charge in [-0.1, -0.05) is 23.7 Å². The van der Waals surface area contributed by atoms with Crippen LogP contribution in [0.15, 0.2) is 59.0 Å². The third-order valence-corrected chi connectivity index (χ3v) is 7.45. The van der Waals surface area contributed by atoms with Crippen LogP contribution in [0.4, 0.5) is 5.13 Å². The second-order valence-electron chi connectivity index (χ2n) is 8.47. The van der Waals surface area contributed by atoms with Crippen LogP contribution in [-0.4, -0.2) is 66.3 Å². The summed E-state index contributed by atoms with van der Waals surface area (Å²) in [5, 5.41) is 12.4. The molecule has 6 rings (SSSR count). The second kappa shape index (κ2) is 8.92. The Bertz CT molecular complexity index is 1630. The third kappa shape index (κ3) is 3.95. The number of amides is 1. The van der Waals surface area contributed by atoms with Gasteiger partial charge in [0, 0.05) is 48.3 Å². The molecule has 0 unspecified atom stereocenters. The highest BCUT2D eigenvalue weighted by Crippen LogP contribution is 2.29. The highest BCUT2D eigenvalue weighted by molar-refractivity contribution is 7.14. The van der Waals surface area contributed by atoms with E-state index in [0.29, 0.717) is 48.0 Å². The van der Waals surface area contributed by atoms with Crippen LogP contribution in [0.1, 0.15) is 16.1 Å². The van der Waals surface area contributed by atoms with Crippen LogP contribution in [0.2, 0.25) is 5.02 Å². The molecular weight excluding hydrogens is 500 g/mol. The van der Waals surface area contributed by atoms with Gasteiger partial charge >= 0.3 is 0 Å². The molecule has 36 heavy (non-hydrogen) atoms. The van der Waals surface area contributed by atoms with Crippen molar-refractivity contribution < 1.29 is 4.79 Å². The lowest BCUT2D eigenvalue weighted by atomic mass is 10.2. The lowest BCUT2D eigenvalue weighted by Gasteiger charge is -2.34. The van der Waals surface area contributed by atoms with Crippen molar-refractivity contribution in [1.82, 2.24) is 34.3 Å². The van der Waals surface area contributed by atoms with Gasteiger partial charge in [0.15, 0.2) is 5.13 Å². The lowest BCUT2D eigenvalue weighted by Crippen LogP contribution is -2.48. The van der Waals surface area contributed by atoms with Crippen molar-refractivity contribution in [2.75, 3.05) is 31.1 Å². The van der Waals surface area contributed by atoms with Gasteiger partial charge in [-0.2, -0.15) is 5.10 Å². The summed E-state index contributed by atoms with van der Waals surface area (Å²) in [7, 11) is 0. The number of carbonyl (C=O) groups excluding carboxylic acids is 1. The maximum Gasteiger partial charge on any atom is 0.276 e. The molecule has 0 aliphatic carbocycles. The molecule has 1 saturated heterocycles. The van der Waals surface area contributed by atoms with Crippen LogP contribution < -0.4 is 10.5 Å². The van der Waals surface area contributed by atoms with Gasteiger partial charge in [-0.05, 0) is 31.2 Å². The van der Waals surface area contributed by atoms with Gasteiger partial charge in [-0.3, -0.25) is 14.6 Å². The monoisotopic (exact) mass is 520 g/mol. The quantitative estimate of drug-likeness (QED) is 0.390. The zero-order valence-corrected chi connectivity index (χ0v) is 20.8. The molecule has 182 valence electrons. The van der Waals surface area contributed by atoms with E-state index >= 15 is 0 Å². The molecule has 0 atom stereocenters. The van der Waals surface area contributed by atoms with Gasteiger partial charge in [0.2, 0.25) is 5.95 Å². The molecule has 0 spiro atoms. The summed E-state index contributed by atoms with van der Waals surface area (Å²) in [6.07, 6.45) is 3.22. The average molecular weight is 521 g/mol. The summed E-state index contributed by atoms with van der Waals surface area (Å²) in [6, 6.07) is 11.1. The number of anilines is 1. The molecule has 1 fully saturated rings. The number of aromatic amines is 1. The summed E-state index contributed by atoms with van der Waals surface area (Å²) in [5.41, 5.74) is 3.21. The molecule has 0 saturated carbocycles. The molecule has 1 N–H and O–H groups in total. The Hall–Kier alpha value is -3.96. The first kappa shape index (κ1) is 22.5. The van der Waals surface area contributed by atoms with Gasteiger partial charge in [0.05, 0.1) is 23.1 Å². The van der Waals surface area contributed by atoms with E-state index < -0.39 is 0 Å². The molecule has 1 aliphatic heterocycles.